The van der Waals surface area contributed by atoms with Crippen molar-refractivity contribution in [3.8, 4) is 0 Å². The van der Waals surface area contributed by atoms with Crippen LogP contribution in [-0.2, 0) is 19.9 Å². The quantitative estimate of drug-likeness (QED) is 0.759. The molecule has 0 aliphatic carbocycles. The predicted molar refractivity (Wildman–Crippen MR) is 68.5 cm³/mol. The van der Waals surface area contributed by atoms with E-state index in [9.17, 15) is 0 Å². The Balaban J connectivity index is 2.88. The van der Waals surface area contributed by atoms with Crippen LogP contribution < -0.4 is 0 Å². The van der Waals surface area contributed by atoms with Gasteiger partial charge in [0.05, 0.1) is 15.9 Å². The third-order valence-corrected chi connectivity index (χ3v) is 4.13. The zero-order valence-corrected chi connectivity index (χ0v) is 11.9. The van der Waals surface area contributed by atoms with E-state index < -0.39 is 0 Å². The van der Waals surface area contributed by atoms with Crippen molar-refractivity contribution in [1.29, 1.82) is 0 Å². The number of hydrogen-bond acceptors (Lipinski definition) is 1. The molecule has 1 atom stereocenters. The lowest BCUT2D eigenvalue weighted by Gasteiger charge is -2.11. The molecule has 1 rings (SSSR count). The Morgan fingerprint density at radius 3 is 2.53 bits per heavy atom. The van der Waals surface area contributed by atoms with Crippen molar-refractivity contribution in [2.45, 2.75) is 33.1 Å². The smallest absolute Gasteiger partial charge is 0.0766 e. The maximum Gasteiger partial charge on any atom is 0.0766 e. The number of rotatable bonds is 5. The van der Waals surface area contributed by atoms with Gasteiger partial charge in [-0.15, -0.1) is 11.6 Å². The highest BCUT2D eigenvalue weighted by molar-refractivity contribution is 9.10. The maximum atomic E-state index is 5.92. The van der Waals surface area contributed by atoms with Gasteiger partial charge >= 0.3 is 0 Å². The summed E-state index contributed by atoms with van der Waals surface area (Å²) in [6, 6.07) is 0. The van der Waals surface area contributed by atoms with Crippen molar-refractivity contribution in [2.24, 2.45) is 13.0 Å². The summed E-state index contributed by atoms with van der Waals surface area (Å²) in [5.41, 5.74) is 2.40. The van der Waals surface area contributed by atoms with E-state index in [-0.39, 0.29) is 0 Å². The summed E-state index contributed by atoms with van der Waals surface area (Å²) in [5, 5.41) is 4.48. The Morgan fingerprint density at radius 1 is 1.47 bits per heavy atom. The normalized spacial score (nSPS) is 13.1. The van der Waals surface area contributed by atoms with Crippen LogP contribution in [0.15, 0.2) is 4.47 Å². The van der Waals surface area contributed by atoms with Gasteiger partial charge in [-0.2, -0.15) is 5.10 Å². The van der Waals surface area contributed by atoms with Gasteiger partial charge in [0, 0.05) is 12.9 Å². The highest BCUT2D eigenvalue weighted by Crippen LogP contribution is 2.25. The minimum Gasteiger partial charge on any atom is -0.271 e. The Hall–Kier alpha value is -0.0200. The summed E-state index contributed by atoms with van der Waals surface area (Å²) in [4.78, 5) is 0. The molecule has 1 aromatic heterocycles. The minimum atomic E-state index is 0.545. The fourth-order valence-corrected chi connectivity index (χ4v) is 2.73. The molecule has 0 bridgehead atoms. The summed E-state index contributed by atoms with van der Waals surface area (Å²) >= 11 is 9.54. The lowest BCUT2D eigenvalue weighted by Crippen LogP contribution is -2.09. The van der Waals surface area contributed by atoms with Crippen molar-refractivity contribution in [3.05, 3.63) is 15.9 Å². The molecule has 1 aromatic rings. The minimum absolute atomic E-state index is 0.545. The zero-order valence-electron chi connectivity index (χ0n) is 9.56. The molecule has 0 aromatic carbocycles. The highest BCUT2D eigenvalue weighted by atomic mass is 79.9. The number of nitrogens with zero attached hydrogens (tertiary/aromatic N) is 2. The number of halogens is 2. The molecule has 1 unspecified atom stereocenters. The molecule has 0 fully saturated rings. The lowest BCUT2D eigenvalue weighted by atomic mass is 10.0. The van der Waals surface area contributed by atoms with Crippen LogP contribution >= 0.6 is 27.5 Å². The third-order valence-electron chi connectivity index (χ3n) is 2.78. The first-order chi connectivity index (χ1) is 7.13. The Morgan fingerprint density at radius 2 is 2.13 bits per heavy atom. The standard InChI is InChI=1S/C11H18BrClN2/c1-4-8(7-13)6-10-11(12)9(5-2)14-15(10)3/h8H,4-7H2,1-3H3. The largest absolute Gasteiger partial charge is 0.271 e. The summed E-state index contributed by atoms with van der Waals surface area (Å²) in [7, 11) is 2.00. The van der Waals surface area contributed by atoms with Crippen LogP contribution in [0.25, 0.3) is 0 Å². The molecular formula is C11H18BrClN2. The Bertz CT molecular complexity index is 319. The van der Waals surface area contributed by atoms with E-state index in [2.05, 4.69) is 34.9 Å². The second kappa shape index (κ2) is 5.90. The first-order valence-corrected chi connectivity index (χ1v) is 6.72. The van der Waals surface area contributed by atoms with E-state index in [0.29, 0.717) is 5.92 Å². The maximum absolute atomic E-state index is 5.92. The van der Waals surface area contributed by atoms with Crippen LogP contribution in [0.2, 0.25) is 0 Å². The van der Waals surface area contributed by atoms with Crippen molar-refractivity contribution in [2.75, 3.05) is 5.88 Å². The third kappa shape index (κ3) is 2.97. The highest BCUT2D eigenvalue weighted by Gasteiger charge is 2.15. The molecule has 0 amide bonds. The molecule has 0 spiro atoms. The molecule has 0 saturated carbocycles. The van der Waals surface area contributed by atoms with Gasteiger partial charge in [0.25, 0.3) is 0 Å². The second-order valence-electron chi connectivity index (χ2n) is 3.82. The van der Waals surface area contributed by atoms with Gasteiger partial charge in [-0.1, -0.05) is 20.3 Å². The van der Waals surface area contributed by atoms with E-state index in [1.54, 1.807) is 0 Å². The molecule has 0 aliphatic heterocycles. The topological polar surface area (TPSA) is 17.8 Å². The molecule has 86 valence electrons. The molecular weight excluding hydrogens is 275 g/mol. The van der Waals surface area contributed by atoms with Crippen molar-refractivity contribution in [3.63, 3.8) is 0 Å². The van der Waals surface area contributed by atoms with Gasteiger partial charge in [-0.3, -0.25) is 4.68 Å². The fourth-order valence-electron chi connectivity index (χ4n) is 1.62. The molecule has 0 saturated heterocycles. The van der Waals surface area contributed by atoms with Crippen LogP contribution in [0, 0.1) is 5.92 Å². The molecule has 0 radical (unpaired) electrons. The van der Waals surface area contributed by atoms with Gasteiger partial charge < -0.3 is 0 Å². The number of aromatic nitrogens is 2. The predicted octanol–water partition coefficient (Wildman–Crippen LogP) is 3.55. The van der Waals surface area contributed by atoms with Gasteiger partial charge in [0.2, 0.25) is 0 Å². The van der Waals surface area contributed by atoms with Crippen LogP contribution in [0.4, 0.5) is 0 Å². The van der Waals surface area contributed by atoms with Crippen molar-refractivity contribution >= 4 is 27.5 Å². The first kappa shape index (κ1) is 13.0. The fraction of sp³-hybridized carbons (Fsp3) is 0.727. The second-order valence-corrected chi connectivity index (χ2v) is 4.92. The van der Waals surface area contributed by atoms with E-state index in [0.717, 1.165) is 35.3 Å². The van der Waals surface area contributed by atoms with E-state index in [1.165, 1.54) is 5.69 Å². The Kier molecular flexibility index (Phi) is 5.13. The van der Waals surface area contributed by atoms with E-state index >= 15 is 0 Å². The van der Waals surface area contributed by atoms with Gasteiger partial charge in [0.15, 0.2) is 0 Å². The van der Waals surface area contributed by atoms with Crippen LogP contribution in [-0.4, -0.2) is 15.7 Å². The average Bonchev–Trinajstić information content (AvgIpc) is 2.51. The van der Waals surface area contributed by atoms with E-state index in [1.807, 2.05) is 11.7 Å². The summed E-state index contributed by atoms with van der Waals surface area (Å²) in [6.07, 6.45) is 3.08. The first-order valence-electron chi connectivity index (χ1n) is 5.40. The monoisotopic (exact) mass is 292 g/mol. The SMILES string of the molecule is CCc1nn(C)c(CC(CC)CCl)c1Br. The summed E-state index contributed by atoms with van der Waals surface area (Å²) < 4.78 is 3.13. The molecule has 15 heavy (non-hydrogen) atoms. The van der Waals surface area contributed by atoms with Gasteiger partial charge in [-0.25, -0.2) is 0 Å². The number of hydrogen-bond donors (Lipinski definition) is 0. The van der Waals surface area contributed by atoms with Gasteiger partial charge in [-0.05, 0) is 34.7 Å². The van der Waals surface area contributed by atoms with Crippen LogP contribution in [0.1, 0.15) is 31.7 Å². The zero-order chi connectivity index (χ0) is 11.4. The average molecular weight is 294 g/mol. The van der Waals surface area contributed by atoms with Crippen molar-refractivity contribution in [1.82, 2.24) is 9.78 Å². The number of alkyl halides is 1. The summed E-state index contributed by atoms with van der Waals surface area (Å²) in [5.74, 6) is 1.26. The van der Waals surface area contributed by atoms with E-state index in [4.69, 9.17) is 11.6 Å². The van der Waals surface area contributed by atoms with Crippen LogP contribution in [0.3, 0.4) is 0 Å². The van der Waals surface area contributed by atoms with Crippen LogP contribution in [0.5, 0.6) is 0 Å². The molecule has 4 heteroatoms. The number of aryl methyl sites for hydroxylation is 2. The van der Waals surface area contributed by atoms with Crippen molar-refractivity contribution < 1.29 is 0 Å². The Labute approximate surface area is 105 Å². The lowest BCUT2D eigenvalue weighted by molar-refractivity contribution is 0.537. The van der Waals surface area contributed by atoms with Gasteiger partial charge in [0.1, 0.15) is 0 Å². The molecule has 1 heterocycles. The summed E-state index contributed by atoms with van der Waals surface area (Å²) in [6.45, 7) is 4.30. The molecule has 2 nitrogen and oxygen atoms in total. The molecule has 0 N–H and O–H groups in total. The molecule has 0 aliphatic rings.